The Morgan fingerprint density at radius 3 is 2.65 bits per heavy atom. The van der Waals surface area contributed by atoms with Crippen molar-refractivity contribution in [2.45, 2.75) is 11.4 Å². The third-order valence-electron chi connectivity index (χ3n) is 2.22. The quantitative estimate of drug-likeness (QED) is 0.627. The van der Waals surface area contributed by atoms with Gasteiger partial charge in [-0.05, 0) is 24.3 Å². The number of hydrogen-bond donors (Lipinski definition) is 1. The normalized spacial score (nSPS) is 10.6. The molecule has 0 aliphatic heterocycles. The Bertz CT molecular complexity index is 442. The summed E-state index contributed by atoms with van der Waals surface area (Å²) < 4.78 is 0.862. The van der Waals surface area contributed by atoms with Gasteiger partial charge in [-0.3, -0.25) is 0 Å². The van der Waals surface area contributed by atoms with E-state index in [1.54, 1.807) is 11.3 Å². The van der Waals surface area contributed by atoms with Gasteiger partial charge in [0.1, 0.15) is 0 Å². The Morgan fingerprint density at radius 2 is 1.94 bits per heavy atom. The summed E-state index contributed by atoms with van der Waals surface area (Å²) in [6.45, 7) is 1.92. The van der Waals surface area contributed by atoms with Gasteiger partial charge in [-0.2, -0.15) is 0 Å². The number of nitrogens with one attached hydrogen (secondary N) is 1. The van der Waals surface area contributed by atoms with Crippen molar-refractivity contribution in [1.82, 2.24) is 5.32 Å². The van der Waals surface area contributed by atoms with Crippen LogP contribution in [0, 0.1) is 0 Å². The fraction of sp³-hybridized carbons (Fsp3) is 0.231. The monoisotopic (exact) mass is 283 g/mol. The molecule has 0 spiro atoms. The Balaban J connectivity index is 1.61. The van der Waals surface area contributed by atoms with E-state index in [0.29, 0.717) is 0 Å². The molecule has 0 fully saturated rings. The number of rotatable bonds is 6. The van der Waals surface area contributed by atoms with Gasteiger partial charge in [-0.1, -0.05) is 29.8 Å². The number of thiophene rings is 1. The molecule has 0 bridgehead atoms. The van der Waals surface area contributed by atoms with Crippen molar-refractivity contribution < 1.29 is 0 Å². The van der Waals surface area contributed by atoms with E-state index in [1.807, 2.05) is 23.9 Å². The minimum atomic E-state index is 0.862. The van der Waals surface area contributed by atoms with Crippen LogP contribution in [0.5, 0.6) is 0 Å². The van der Waals surface area contributed by atoms with Gasteiger partial charge in [0.05, 0.1) is 4.34 Å². The summed E-state index contributed by atoms with van der Waals surface area (Å²) >= 11 is 9.38. The molecule has 1 aromatic carbocycles. The fourth-order valence-corrected chi connectivity index (χ4v) is 3.30. The van der Waals surface area contributed by atoms with Gasteiger partial charge in [-0.25, -0.2) is 0 Å². The molecule has 2 aromatic rings. The van der Waals surface area contributed by atoms with E-state index in [0.717, 1.165) is 23.2 Å². The average Bonchev–Trinajstić information content (AvgIpc) is 2.76. The molecule has 0 radical (unpaired) electrons. The second-order valence-electron chi connectivity index (χ2n) is 3.54. The predicted molar refractivity (Wildman–Crippen MR) is 78.2 cm³/mol. The first-order valence-corrected chi connectivity index (χ1v) is 7.65. The zero-order valence-electron chi connectivity index (χ0n) is 9.36. The van der Waals surface area contributed by atoms with E-state index in [-0.39, 0.29) is 0 Å². The van der Waals surface area contributed by atoms with Crippen molar-refractivity contribution in [1.29, 1.82) is 0 Å². The summed E-state index contributed by atoms with van der Waals surface area (Å²) in [4.78, 5) is 2.62. The van der Waals surface area contributed by atoms with Crippen LogP contribution in [0.4, 0.5) is 0 Å². The lowest BCUT2D eigenvalue weighted by Crippen LogP contribution is -2.15. The largest absolute Gasteiger partial charge is 0.311 e. The van der Waals surface area contributed by atoms with Crippen molar-refractivity contribution in [2.24, 2.45) is 0 Å². The summed E-state index contributed by atoms with van der Waals surface area (Å²) in [7, 11) is 0. The fourth-order valence-electron chi connectivity index (χ4n) is 1.42. The van der Waals surface area contributed by atoms with E-state index in [9.17, 15) is 0 Å². The van der Waals surface area contributed by atoms with Gasteiger partial charge in [0.25, 0.3) is 0 Å². The molecule has 0 atom stereocenters. The minimum absolute atomic E-state index is 0.862. The average molecular weight is 284 g/mol. The highest BCUT2D eigenvalue weighted by Gasteiger charge is 1.97. The molecule has 90 valence electrons. The van der Waals surface area contributed by atoms with Gasteiger partial charge < -0.3 is 5.32 Å². The summed E-state index contributed by atoms with van der Waals surface area (Å²) in [6.07, 6.45) is 0. The van der Waals surface area contributed by atoms with Crippen LogP contribution in [0.15, 0.2) is 47.4 Å². The van der Waals surface area contributed by atoms with Gasteiger partial charge >= 0.3 is 0 Å². The highest BCUT2D eigenvalue weighted by Crippen LogP contribution is 2.21. The molecule has 1 N–H and O–H groups in total. The molecular weight excluding hydrogens is 270 g/mol. The van der Waals surface area contributed by atoms with Crippen LogP contribution in [-0.4, -0.2) is 12.3 Å². The van der Waals surface area contributed by atoms with Crippen molar-refractivity contribution in [3.63, 3.8) is 0 Å². The van der Waals surface area contributed by atoms with E-state index in [2.05, 4.69) is 35.6 Å². The van der Waals surface area contributed by atoms with E-state index < -0.39 is 0 Å². The Hall–Kier alpha value is -0.480. The molecule has 0 saturated heterocycles. The third kappa shape index (κ3) is 4.72. The molecule has 0 saturated carbocycles. The van der Waals surface area contributed by atoms with Crippen LogP contribution in [0.1, 0.15) is 4.88 Å². The van der Waals surface area contributed by atoms with Crippen LogP contribution in [0.2, 0.25) is 4.34 Å². The second kappa shape index (κ2) is 7.07. The summed E-state index contributed by atoms with van der Waals surface area (Å²) in [5.74, 6) is 1.09. The van der Waals surface area contributed by atoms with Crippen LogP contribution in [0.25, 0.3) is 0 Å². The van der Waals surface area contributed by atoms with E-state index >= 15 is 0 Å². The first-order valence-electron chi connectivity index (χ1n) is 5.47. The number of thioether (sulfide) groups is 1. The number of halogens is 1. The molecule has 0 unspecified atom stereocenters. The van der Waals surface area contributed by atoms with Crippen LogP contribution in [0.3, 0.4) is 0 Å². The van der Waals surface area contributed by atoms with Crippen LogP contribution >= 0.6 is 34.7 Å². The summed E-state index contributed by atoms with van der Waals surface area (Å²) in [6, 6.07) is 14.5. The van der Waals surface area contributed by atoms with Gasteiger partial charge in [0.2, 0.25) is 0 Å². The molecule has 0 amide bonds. The van der Waals surface area contributed by atoms with Crippen molar-refractivity contribution in [3.8, 4) is 0 Å². The Morgan fingerprint density at radius 1 is 1.12 bits per heavy atom. The molecule has 1 heterocycles. The first-order chi connectivity index (χ1) is 8.34. The lowest BCUT2D eigenvalue weighted by Gasteiger charge is -2.03. The first kappa shape index (κ1) is 13.0. The summed E-state index contributed by atoms with van der Waals surface area (Å²) in [5.41, 5.74) is 0. The standard InChI is InChI=1S/C13H14ClNS2/c14-13-7-6-12(17-13)10-15-8-9-16-11-4-2-1-3-5-11/h1-7,15H,8-10H2. The van der Waals surface area contributed by atoms with Crippen molar-refractivity contribution in [2.75, 3.05) is 12.3 Å². The van der Waals surface area contributed by atoms with Crippen molar-refractivity contribution in [3.05, 3.63) is 51.7 Å². The number of hydrogen-bond acceptors (Lipinski definition) is 3. The van der Waals surface area contributed by atoms with Gasteiger partial charge in [-0.15, -0.1) is 23.1 Å². The molecular formula is C13H14ClNS2. The highest BCUT2D eigenvalue weighted by atomic mass is 35.5. The maximum absolute atomic E-state index is 5.87. The van der Waals surface area contributed by atoms with Crippen molar-refractivity contribution >= 4 is 34.7 Å². The smallest absolute Gasteiger partial charge is 0.0931 e. The lowest BCUT2D eigenvalue weighted by atomic mass is 10.4. The molecule has 2 rings (SSSR count). The lowest BCUT2D eigenvalue weighted by molar-refractivity contribution is 0.741. The molecule has 1 aromatic heterocycles. The molecule has 1 nitrogen and oxygen atoms in total. The third-order valence-corrected chi connectivity index (χ3v) is 4.46. The SMILES string of the molecule is Clc1ccc(CNCCSc2ccccc2)s1. The predicted octanol–water partition coefficient (Wildman–Crippen LogP) is 4.28. The summed E-state index contributed by atoms with van der Waals surface area (Å²) in [5, 5.41) is 3.42. The van der Waals surface area contributed by atoms with Gasteiger partial charge in [0.15, 0.2) is 0 Å². The molecule has 17 heavy (non-hydrogen) atoms. The zero-order chi connectivity index (χ0) is 11.9. The Kier molecular flexibility index (Phi) is 5.39. The van der Waals surface area contributed by atoms with Gasteiger partial charge in [0, 0.05) is 28.6 Å². The molecule has 0 aliphatic rings. The Labute approximate surface area is 115 Å². The van der Waals surface area contributed by atoms with Crippen LogP contribution in [-0.2, 0) is 6.54 Å². The molecule has 0 aliphatic carbocycles. The van der Waals surface area contributed by atoms with E-state index in [1.165, 1.54) is 9.77 Å². The zero-order valence-corrected chi connectivity index (χ0v) is 11.7. The molecule has 4 heteroatoms. The van der Waals surface area contributed by atoms with Crippen LogP contribution < -0.4 is 5.32 Å². The maximum atomic E-state index is 5.87. The van der Waals surface area contributed by atoms with E-state index in [4.69, 9.17) is 11.6 Å². The highest BCUT2D eigenvalue weighted by molar-refractivity contribution is 7.99. The number of benzene rings is 1. The minimum Gasteiger partial charge on any atom is -0.311 e. The topological polar surface area (TPSA) is 12.0 Å². The second-order valence-corrected chi connectivity index (χ2v) is 6.51. The maximum Gasteiger partial charge on any atom is 0.0931 e.